The first-order chi connectivity index (χ1) is 12.5. The lowest BCUT2D eigenvalue weighted by Gasteiger charge is -2.27. The van der Waals surface area contributed by atoms with Gasteiger partial charge < -0.3 is 24.4 Å². The van der Waals surface area contributed by atoms with E-state index in [1.54, 1.807) is 0 Å². The molecule has 27 heavy (non-hydrogen) atoms. The quantitative estimate of drug-likeness (QED) is 0.268. The number of phosphoric acid groups is 2. The molecule has 0 aromatic carbocycles. The molecule has 1 heterocycles. The molecule has 0 spiro atoms. The molecular formula is C11H21B2FO11P2. The molecule has 8 atom stereocenters. The van der Waals surface area contributed by atoms with Crippen LogP contribution in [0.3, 0.4) is 0 Å². The Morgan fingerprint density at radius 1 is 1.30 bits per heavy atom. The van der Waals surface area contributed by atoms with Crippen molar-refractivity contribution >= 4 is 31.3 Å². The van der Waals surface area contributed by atoms with Crippen molar-refractivity contribution in [2.75, 3.05) is 26.8 Å². The van der Waals surface area contributed by atoms with Gasteiger partial charge in [0.1, 0.15) is 40.2 Å². The zero-order chi connectivity index (χ0) is 20.8. The molecule has 0 amide bonds. The lowest BCUT2D eigenvalue weighted by atomic mass is 9.94. The Morgan fingerprint density at radius 3 is 2.44 bits per heavy atom. The summed E-state index contributed by atoms with van der Waals surface area (Å²) in [5.41, 5.74) is 0. The Balaban J connectivity index is 2.70. The van der Waals surface area contributed by atoms with Gasteiger partial charge in [-0.2, -0.15) is 0 Å². The van der Waals surface area contributed by atoms with E-state index in [4.69, 9.17) is 43.8 Å². The van der Waals surface area contributed by atoms with Crippen LogP contribution >= 0.6 is 15.6 Å². The van der Waals surface area contributed by atoms with Crippen LogP contribution in [0.2, 0.25) is 0 Å². The number of aliphatic hydroxyl groups excluding tert-OH is 1. The molecule has 0 aromatic heterocycles. The molecule has 16 heteroatoms. The van der Waals surface area contributed by atoms with E-state index in [0.29, 0.717) is 0 Å². The summed E-state index contributed by atoms with van der Waals surface area (Å²) in [5, 5.41) is 9.11. The molecule has 4 radical (unpaired) electrons. The average Bonchev–Trinajstić information content (AvgIpc) is 2.85. The Labute approximate surface area is 158 Å². The van der Waals surface area contributed by atoms with Crippen LogP contribution in [0, 0.1) is 0 Å². The lowest BCUT2D eigenvalue weighted by Crippen LogP contribution is -2.35. The van der Waals surface area contributed by atoms with Crippen molar-refractivity contribution in [3.05, 3.63) is 0 Å². The summed E-state index contributed by atoms with van der Waals surface area (Å²) >= 11 is 0. The zero-order valence-corrected chi connectivity index (χ0v) is 16.4. The van der Waals surface area contributed by atoms with Crippen molar-refractivity contribution in [1.29, 1.82) is 0 Å². The number of phosphoric ester groups is 2. The van der Waals surface area contributed by atoms with Crippen molar-refractivity contribution in [2.24, 2.45) is 0 Å². The second-order valence-electron chi connectivity index (χ2n) is 5.43. The van der Waals surface area contributed by atoms with E-state index < -0.39 is 65.5 Å². The molecule has 0 bridgehead atoms. The monoisotopic (exact) mass is 432 g/mol. The summed E-state index contributed by atoms with van der Waals surface area (Å²) in [6.07, 6.45) is -7.21. The highest BCUT2D eigenvalue weighted by Gasteiger charge is 2.47. The first kappa shape index (κ1) is 25.2. The first-order valence-corrected chi connectivity index (χ1v) is 10.7. The SMILES string of the molecule is [B]COC(COP(=O)(O)O[C@H]1C(CO)O[C@@H]([B])C1F)[C@@H](C)OP(=O)(O)OC. The molecule has 1 fully saturated rings. The van der Waals surface area contributed by atoms with Gasteiger partial charge in [-0.05, 0) is 6.92 Å². The summed E-state index contributed by atoms with van der Waals surface area (Å²) in [6.45, 7) is -0.439. The van der Waals surface area contributed by atoms with Crippen molar-refractivity contribution in [1.82, 2.24) is 0 Å². The van der Waals surface area contributed by atoms with Crippen molar-refractivity contribution < 1.29 is 56.0 Å². The van der Waals surface area contributed by atoms with Gasteiger partial charge in [0.15, 0.2) is 0 Å². The fourth-order valence-electron chi connectivity index (χ4n) is 2.13. The van der Waals surface area contributed by atoms with Crippen LogP contribution in [0.5, 0.6) is 0 Å². The predicted octanol–water partition coefficient (Wildman–Crippen LogP) is -0.625. The summed E-state index contributed by atoms with van der Waals surface area (Å²) in [6, 6.07) is -1.44. The van der Waals surface area contributed by atoms with E-state index in [1.165, 1.54) is 6.92 Å². The largest absolute Gasteiger partial charge is 0.472 e. The van der Waals surface area contributed by atoms with Gasteiger partial charge in [-0.25, -0.2) is 13.5 Å². The molecule has 1 aliphatic heterocycles. The number of halogens is 1. The van der Waals surface area contributed by atoms with E-state index >= 15 is 0 Å². The van der Waals surface area contributed by atoms with Crippen LogP contribution in [0.4, 0.5) is 4.39 Å². The van der Waals surface area contributed by atoms with E-state index in [1.807, 2.05) is 0 Å². The Hall–Kier alpha value is 0.160. The maximum Gasteiger partial charge on any atom is 0.472 e. The van der Waals surface area contributed by atoms with Crippen LogP contribution in [0.1, 0.15) is 6.92 Å². The van der Waals surface area contributed by atoms with Gasteiger partial charge in [0.25, 0.3) is 0 Å². The minimum absolute atomic E-state index is 0.370. The first-order valence-electron chi connectivity index (χ1n) is 7.66. The molecule has 3 N–H and O–H groups in total. The van der Waals surface area contributed by atoms with Gasteiger partial charge in [0.2, 0.25) is 0 Å². The van der Waals surface area contributed by atoms with Gasteiger partial charge in [-0.15, -0.1) is 0 Å². The third-order valence-electron chi connectivity index (χ3n) is 3.53. The van der Waals surface area contributed by atoms with Crippen molar-refractivity contribution in [2.45, 2.75) is 43.5 Å². The van der Waals surface area contributed by atoms with Gasteiger partial charge in [0, 0.05) is 13.6 Å². The highest BCUT2D eigenvalue weighted by Crippen LogP contribution is 2.48. The number of rotatable bonds is 12. The standard InChI is InChI=1S/C11H21B2FO11P2/c1-6(24-26(16,17)20-2)8(21-5-12)4-22-27(18,19)25-10-7(3-15)23-11(13)9(10)14/h6-11,15H,3-5H2,1-2H3,(H,16,17)(H,18,19)/t6-,7?,8?,9?,10+,11-/m1/s1. The molecule has 1 rings (SSSR count). The second kappa shape index (κ2) is 10.8. The molecule has 1 aliphatic rings. The third kappa shape index (κ3) is 7.83. The van der Waals surface area contributed by atoms with Crippen molar-refractivity contribution in [3.8, 4) is 0 Å². The fourth-order valence-corrected chi connectivity index (χ4v) is 3.73. The summed E-state index contributed by atoms with van der Waals surface area (Å²) < 4.78 is 65.7. The maximum atomic E-state index is 13.9. The van der Waals surface area contributed by atoms with E-state index in [2.05, 4.69) is 4.52 Å². The molecule has 0 aliphatic carbocycles. The van der Waals surface area contributed by atoms with Gasteiger partial charge in [0.05, 0.1) is 25.3 Å². The van der Waals surface area contributed by atoms with Gasteiger partial charge >= 0.3 is 15.6 Å². The van der Waals surface area contributed by atoms with Crippen LogP contribution < -0.4 is 0 Å². The topological polar surface area (TPSA) is 150 Å². The van der Waals surface area contributed by atoms with Gasteiger partial charge in [-0.1, -0.05) is 0 Å². The van der Waals surface area contributed by atoms with E-state index in [9.17, 15) is 23.3 Å². The highest BCUT2D eigenvalue weighted by molar-refractivity contribution is 7.47. The average molecular weight is 432 g/mol. The molecule has 0 saturated carbocycles. The Morgan fingerprint density at radius 2 is 1.93 bits per heavy atom. The zero-order valence-electron chi connectivity index (χ0n) is 14.6. The number of hydrogen-bond acceptors (Lipinski definition) is 9. The minimum Gasteiger partial charge on any atom is -0.394 e. The molecular weight excluding hydrogens is 411 g/mol. The number of ether oxygens (including phenoxy) is 2. The van der Waals surface area contributed by atoms with Gasteiger partial charge in [-0.3, -0.25) is 18.1 Å². The molecule has 11 nitrogen and oxygen atoms in total. The van der Waals surface area contributed by atoms with E-state index in [-0.39, 0.29) is 6.51 Å². The number of alkyl halides is 1. The van der Waals surface area contributed by atoms with Crippen LogP contribution in [-0.4, -0.2) is 94.0 Å². The third-order valence-corrected chi connectivity index (χ3v) is 5.57. The van der Waals surface area contributed by atoms with Crippen LogP contribution in [0.25, 0.3) is 0 Å². The Bertz CT molecular complexity index is 558. The van der Waals surface area contributed by atoms with E-state index in [0.717, 1.165) is 7.11 Å². The Kier molecular flexibility index (Phi) is 10.1. The predicted molar refractivity (Wildman–Crippen MR) is 89.9 cm³/mol. The highest BCUT2D eigenvalue weighted by atomic mass is 31.2. The second-order valence-corrected chi connectivity index (χ2v) is 8.35. The molecule has 5 unspecified atom stereocenters. The summed E-state index contributed by atoms with van der Waals surface area (Å²) in [7, 11) is 2.27. The lowest BCUT2D eigenvalue weighted by molar-refractivity contribution is -0.0482. The number of hydrogen-bond donors (Lipinski definition) is 3. The molecule has 154 valence electrons. The van der Waals surface area contributed by atoms with Crippen LogP contribution in [-0.2, 0) is 36.7 Å². The number of aliphatic hydroxyl groups is 1. The maximum absolute atomic E-state index is 13.9. The molecule has 0 aromatic rings. The molecule has 1 saturated heterocycles. The summed E-state index contributed by atoms with van der Waals surface area (Å²) in [5.74, 6) is 0. The normalized spacial score (nSPS) is 32.5. The smallest absolute Gasteiger partial charge is 0.394 e. The fraction of sp³-hybridized carbons (Fsp3) is 1.00. The van der Waals surface area contributed by atoms with Crippen molar-refractivity contribution in [3.63, 3.8) is 0 Å². The van der Waals surface area contributed by atoms with Crippen LogP contribution in [0.15, 0.2) is 0 Å². The summed E-state index contributed by atoms with van der Waals surface area (Å²) in [4.78, 5) is 19.1. The minimum atomic E-state index is -4.86.